The van der Waals surface area contributed by atoms with E-state index in [9.17, 15) is 9.59 Å². The standard InChI is InChI=1S/C16H16N2O3/c1-11(19)12-3-5-13(6-4-12)17-16(20)18-14-7-9-15(21-2)10-8-14/h3-10H,1-2H3,(H2,17,18,20). The summed E-state index contributed by atoms with van der Waals surface area (Å²) in [5.74, 6) is 0.713. The van der Waals surface area contributed by atoms with Crippen molar-refractivity contribution in [1.82, 2.24) is 0 Å². The van der Waals surface area contributed by atoms with E-state index in [0.29, 0.717) is 16.9 Å². The van der Waals surface area contributed by atoms with E-state index >= 15 is 0 Å². The molecule has 2 aromatic rings. The van der Waals surface area contributed by atoms with Crippen molar-refractivity contribution in [3.05, 3.63) is 54.1 Å². The molecule has 0 aliphatic heterocycles. The summed E-state index contributed by atoms with van der Waals surface area (Å²) in [6.45, 7) is 1.50. The van der Waals surface area contributed by atoms with Crippen molar-refractivity contribution in [2.75, 3.05) is 17.7 Å². The number of carbonyl (C=O) groups excluding carboxylic acids is 2. The fourth-order valence-electron chi connectivity index (χ4n) is 1.76. The molecule has 2 amide bonds. The van der Waals surface area contributed by atoms with E-state index < -0.39 is 0 Å². The first kappa shape index (κ1) is 14.6. The van der Waals surface area contributed by atoms with Gasteiger partial charge in [0.2, 0.25) is 0 Å². The lowest BCUT2D eigenvalue weighted by molar-refractivity contribution is 0.101. The number of benzene rings is 2. The fraction of sp³-hybridized carbons (Fsp3) is 0.125. The van der Waals surface area contributed by atoms with Gasteiger partial charge in [0.25, 0.3) is 0 Å². The molecule has 5 heteroatoms. The number of amides is 2. The summed E-state index contributed by atoms with van der Waals surface area (Å²) in [6.07, 6.45) is 0. The first-order valence-electron chi connectivity index (χ1n) is 6.41. The molecule has 2 N–H and O–H groups in total. The molecule has 0 fully saturated rings. The van der Waals surface area contributed by atoms with Gasteiger partial charge in [-0.1, -0.05) is 0 Å². The van der Waals surface area contributed by atoms with E-state index in [0.717, 1.165) is 5.75 Å². The first-order chi connectivity index (χ1) is 10.1. The van der Waals surface area contributed by atoms with Crippen LogP contribution in [0, 0.1) is 0 Å². The van der Waals surface area contributed by atoms with Crippen molar-refractivity contribution in [1.29, 1.82) is 0 Å². The number of hydrogen-bond donors (Lipinski definition) is 2. The summed E-state index contributed by atoms with van der Waals surface area (Å²) in [7, 11) is 1.58. The molecule has 0 aromatic heterocycles. The summed E-state index contributed by atoms with van der Waals surface area (Å²) in [5.41, 5.74) is 1.88. The van der Waals surface area contributed by atoms with Gasteiger partial charge in [0, 0.05) is 16.9 Å². The average molecular weight is 284 g/mol. The predicted octanol–water partition coefficient (Wildman–Crippen LogP) is 3.54. The van der Waals surface area contributed by atoms with Crippen LogP contribution in [0.5, 0.6) is 5.75 Å². The van der Waals surface area contributed by atoms with Gasteiger partial charge in [-0.3, -0.25) is 4.79 Å². The van der Waals surface area contributed by atoms with Gasteiger partial charge in [-0.05, 0) is 55.5 Å². The predicted molar refractivity (Wildman–Crippen MR) is 82.1 cm³/mol. The number of nitrogens with one attached hydrogen (secondary N) is 2. The third-order valence-corrected chi connectivity index (χ3v) is 2.90. The van der Waals surface area contributed by atoms with Gasteiger partial charge in [-0.25, -0.2) is 4.79 Å². The SMILES string of the molecule is COc1ccc(NC(=O)Nc2ccc(C(C)=O)cc2)cc1. The van der Waals surface area contributed by atoms with Gasteiger partial charge in [-0.2, -0.15) is 0 Å². The topological polar surface area (TPSA) is 67.4 Å². The number of anilines is 2. The number of rotatable bonds is 4. The van der Waals surface area contributed by atoms with Crippen LogP contribution in [0.2, 0.25) is 0 Å². The van der Waals surface area contributed by atoms with Crippen LogP contribution in [-0.2, 0) is 0 Å². The summed E-state index contributed by atoms with van der Waals surface area (Å²) < 4.78 is 5.04. The smallest absolute Gasteiger partial charge is 0.323 e. The second-order valence-corrected chi connectivity index (χ2v) is 4.44. The van der Waals surface area contributed by atoms with Crippen LogP contribution in [0.3, 0.4) is 0 Å². The summed E-state index contributed by atoms with van der Waals surface area (Å²) in [4.78, 5) is 23.0. The summed E-state index contributed by atoms with van der Waals surface area (Å²) in [5, 5.41) is 5.40. The number of urea groups is 1. The molecule has 0 bridgehead atoms. The van der Waals surface area contributed by atoms with E-state index in [2.05, 4.69) is 10.6 Å². The number of hydrogen-bond acceptors (Lipinski definition) is 3. The molecule has 0 atom stereocenters. The number of carbonyl (C=O) groups is 2. The third kappa shape index (κ3) is 4.07. The molecule has 0 aliphatic rings. The Balaban J connectivity index is 1.95. The Kier molecular flexibility index (Phi) is 4.56. The summed E-state index contributed by atoms with van der Waals surface area (Å²) >= 11 is 0. The molecule has 5 nitrogen and oxygen atoms in total. The van der Waals surface area contributed by atoms with Crippen LogP contribution < -0.4 is 15.4 Å². The Morgan fingerprint density at radius 1 is 0.857 bits per heavy atom. The Labute approximate surface area is 122 Å². The molecule has 0 saturated carbocycles. The maximum atomic E-state index is 11.8. The van der Waals surface area contributed by atoms with Crippen LogP contribution in [0.1, 0.15) is 17.3 Å². The van der Waals surface area contributed by atoms with Crippen LogP contribution in [0.15, 0.2) is 48.5 Å². The molecular weight excluding hydrogens is 268 g/mol. The zero-order valence-corrected chi connectivity index (χ0v) is 11.8. The molecule has 0 heterocycles. The highest BCUT2D eigenvalue weighted by Gasteiger charge is 2.04. The molecule has 108 valence electrons. The first-order valence-corrected chi connectivity index (χ1v) is 6.41. The Morgan fingerprint density at radius 2 is 1.33 bits per heavy atom. The van der Waals surface area contributed by atoms with Gasteiger partial charge >= 0.3 is 6.03 Å². The molecule has 0 radical (unpaired) electrons. The summed E-state index contributed by atoms with van der Waals surface area (Å²) in [6, 6.07) is 13.4. The van der Waals surface area contributed by atoms with Gasteiger partial charge in [0.15, 0.2) is 5.78 Å². The van der Waals surface area contributed by atoms with Crippen molar-refractivity contribution in [2.45, 2.75) is 6.92 Å². The minimum Gasteiger partial charge on any atom is -0.497 e. The normalized spacial score (nSPS) is 9.81. The van der Waals surface area contributed by atoms with Crippen LogP contribution in [0.25, 0.3) is 0 Å². The van der Waals surface area contributed by atoms with Crippen LogP contribution in [-0.4, -0.2) is 18.9 Å². The quantitative estimate of drug-likeness (QED) is 0.844. The minimum absolute atomic E-state index is 0.00997. The van der Waals surface area contributed by atoms with Crippen LogP contribution in [0.4, 0.5) is 16.2 Å². The largest absolute Gasteiger partial charge is 0.497 e. The lowest BCUT2D eigenvalue weighted by Crippen LogP contribution is -2.19. The molecule has 2 aromatic carbocycles. The molecule has 21 heavy (non-hydrogen) atoms. The van der Waals surface area contributed by atoms with E-state index in [1.807, 2.05) is 0 Å². The lowest BCUT2D eigenvalue weighted by Gasteiger charge is -2.08. The third-order valence-electron chi connectivity index (χ3n) is 2.90. The monoisotopic (exact) mass is 284 g/mol. The van der Waals surface area contributed by atoms with Crippen molar-refractivity contribution >= 4 is 23.2 Å². The van der Waals surface area contributed by atoms with Crippen molar-refractivity contribution < 1.29 is 14.3 Å². The Morgan fingerprint density at radius 3 is 1.76 bits per heavy atom. The highest BCUT2D eigenvalue weighted by molar-refractivity contribution is 6.00. The van der Waals surface area contributed by atoms with Crippen molar-refractivity contribution in [2.24, 2.45) is 0 Å². The number of methoxy groups -OCH3 is 1. The molecule has 2 rings (SSSR count). The van der Waals surface area contributed by atoms with E-state index in [1.54, 1.807) is 55.6 Å². The maximum absolute atomic E-state index is 11.8. The van der Waals surface area contributed by atoms with Gasteiger partial charge in [0.1, 0.15) is 5.75 Å². The second-order valence-electron chi connectivity index (χ2n) is 4.44. The van der Waals surface area contributed by atoms with Crippen LogP contribution >= 0.6 is 0 Å². The van der Waals surface area contributed by atoms with Gasteiger partial charge < -0.3 is 15.4 Å². The molecular formula is C16H16N2O3. The molecule has 0 saturated heterocycles. The molecule has 0 spiro atoms. The lowest BCUT2D eigenvalue weighted by atomic mass is 10.1. The number of ketones is 1. The zero-order valence-electron chi connectivity index (χ0n) is 11.8. The number of ether oxygens (including phenoxy) is 1. The Bertz CT molecular complexity index is 634. The van der Waals surface area contributed by atoms with Crippen molar-refractivity contribution in [3.8, 4) is 5.75 Å². The van der Waals surface area contributed by atoms with E-state index in [4.69, 9.17) is 4.74 Å². The maximum Gasteiger partial charge on any atom is 0.323 e. The van der Waals surface area contributed by atoms with E-state index in [1.165, 1.54) is 6.92 Å². The molecule has 0 unspecified atom stereocenters. The fourth-order valence-corrected chi connectivity index (χ4v) is 1.76. The van der Waals surface area contributed by atoms with Gasteiger partial charge in [-0.15, -0.1) is 0 Å². The van der Waals surface area contributed by atoms with E-state index in [-0.39, 0.29) is 11.8 Å². The number of Topliss-reactive ketones (excluding diaryl/α,β-unsaturated/α-hetero) is 1. The molecule has 0 aliphatic carbocycles. The van der Waals surface area contributed by atoms with Gasteiger partial charge in [0.05, 0.1) is 7.11 Å². The Hall–Kier alpha value is -2.82. The highest BCUT2D eigenvalue weighted by Crippen LogP contribution is 2.16. The van der Waals surface area contributed by atoms with Crippen molar-refractivity contribution in [3.63, 3.8) is 0 Å². The minimum atomic E-state index is -0.351. The zero-order chi connectivity index (χ0) is 15.2. The average Bonchev–Trinajstić information content (AvgIpc) is 2.48. The second kappa shape index (κ2) is 6.56. The highest BCUT2D eigenvalue weighted by atomic mass is 16.5.